The van der Waals surface area contributed by atoms with Gasteiger partial charge in [0.05, 0.1) is 12.0 Å². The van der Waals surface area contributed by atoms with Crippen molar-refractivity contribution < 1.29 is 0 Å². The van der Waals surface area contributed by atoms with Crippen LogP contribution >= 0.6 is 0 Å². The largest absolute Gasteiger partial charge is 0.309 e. The second-order valence-corrected chi connectivity index (χ2v) is 3.68. The van der Waals surface area contributed by atoms with Crippen LogP contribution < -0.4 is 0 Å². The van der Waals surface area contributed by atoms with Gasteiger partial charge in [-0.1, -0.05) is 30.3 Å². The van der Waals surface area contributed by atoms with Crippen molar-refractivity contribution in [1.82, 2.24) is 4.90 Å². The van der Waals surface area contributed by atoms with E-state index in [0.29, 0.717) is 0 Å². The standard InChI is InChI=1S/C12H16N2/c1-14(2)9-8-12(10-13)11-6-4-3-5-7-11/h3-7,12H,8-9H2,1-2H3/t12-/m0/s1. The van der Waals surface area contributed by atoms with E-state index in [2.05, 4.69) is 11.0 Å². The summed E-state index contributed by atoms with van der Waals surface area (Å²) < 4.78 is 0. The van der Waals surface area contributed by atoms with Gasteiger partial charge in [0, 0.05) is 0 Å². The van der Waals surface area contributed by atoms with E-state index in [0.717, 1.165) is 18.5 Å². The van der Waals surface area contributed by atoms with Crippen LogP contribution in [0.15, 0.2) is 30.3 Å². The molecule has 0 N–H and O–H groups in total. The second kappa shape index (κ2) is 5.41. The topological polar surface area (TPSA) is 27.0 Å². The first-order valence-corrected chi connectivity index (χ1v) is 4.83. The number of hydrogen-bond donors (Lipinski definition) is 0. The van der Waals surface area contributed by atoms with Crippen LogP contribution in [-0.2, 0) is 0 Å². The summed E-state index contributed by atoms with van der Waals surface area (Å²) in [6, 6.07) is 12.3. The molecule has 1 rings (SSSR count). The Bertz CT molecular complexity index is 298. The highest BCUT2D eigenvalue weighted by Crippen LogP contribution is 2.18. The molecule has 0 aromatic heterocycles. The van der Waals surface area contributed by atoms with Crippen LogP contribution in [0.2, 0.25) is 0 Å². The molecule has 2 heteroatoms. The molecule has 0 heterocycles. The number of rotatable bonds is 4. The normalized spacial score (nSPS) is 12.4. The molecule has 2 nitrogen and oxygen atoms in total. The zero-order valence-electron chi connectivity index (χ0n) is 8.77. The van der Waals surface area contributed by atoms with Gasteiger partial charge in [0.1, 0.15) is 0 Å². The Hall–Kier alpha value is -1.33. The Morgan fingerprint density at radius 3 is 2.43 bits per heavy atom. The third-order valence-corrected chi connectivity index (χ3v) is 2.22. The highest BCUT2D eigenvalue weighted by molar-refractivity contribution is 5.24. The first-order chi connectivity index (χ1) is 6.74. The molecule has 1 atom stereocenters. The van der Waals surface area contributed by atoms with Crippen LogP contribution in [0.1, 0.15) is 17.9 Å². The SMILES string of the molecule is CN(C)CC[C@@H](C#N)c1ccccc1. The van der Waals surface area contributed by atoms with Gasteiger partial charge in [-0.05, 0) is 32.6 Å². The molecule has 14 heavy (non-hydrogen) atoms. The van der Waals surface area contributed by atoms with Gasteiger partial charge < -0.3 is 4.90 Å². The molecule has 0 spiro atoms. The van der Waals surface area contributed by atoms with E-state index in [9.17, 15) is 0 Å². The van der Waals surface area contributed by atoms with Crippen LogP contribution in [0.5, 0.6) is 0 Å². The Balaban J connectivity index is 2.60. The molecule has 0 aliphatic rings. The number of nitriles is 1. The summed E-state index contributed by atoms with van der Waals surface area (Å²) in [6.45, 7) is 0.952. The molecule has 0 saturated carbocycles. The molecule has 0 radical (unpaired) electrons. The van der Waals surface area contributed by atoms with Gasteiger partial charge in [-0.15, -0.1) is 0 Å². The van der Waals surface area contributed by atoms with Crippen molar-refractivity contribution in [3.8, 4) is 6.07 Å². The minimum atomic E-state index is 0.0265. The average molecular weight is 188 g/mol. The fraction of sp³-hybridized carbons (Fsp3) is 0.417. The number of hydrogen-bond acceptors (Lipinski definition) is 2. The summed E-state index contributed by atoms with van der Waals surface area (Å²) in [6.07, 6.45) is 0.896. The lowest BCUT2D eigenvalue weighted by Gasteiger charge is -2.13. The van der Waals surface area contributed by atoms with Crippen LogP contribution in [0.3, 0.4) is 0 Å². The van der Waals surface area contributed by atoms with Gasteiger partial charge in [-0.25, -0.2) is 0 Å². The Morgan fingerprint density at radius 2 is 1.93 bits per heavy atom. The van der Waals surface area contributed by atoms with Crippen molar-refractivity contribution in [2.24, 2.45) is 0 Å². The average Bonchev–Trinajstić information content (AvgIpc) is 2.20. The van der Waals surface area contributed by atoms with E-state index < -0.39 is 0 Å². The highest BCUT2D eigenvalue weighted by Gasteiger charge is 2.09. The lowest BCUT2D eigenvalue weighted by molar-refractivity contribution is 0.393. The minimum absolute atomic E-state index is 0.0265. The third kappa shape index (κ3) is 3.20. The van der Waals surface area contributed by atoms with Crippen molar-refractivity contribution in [2.45, 2.75) is 12.3 Å². The lowest BCUT2D eigenvalue weighted by atomic mass is 9.97. The predicted octanol–water partition coefficient (Wildman–Crippen LogP) is 2.25. The maximum absolute atomic E-state index is 9.02. The Labute approximate surface area is 85.8 Å². The zero-order valence-corrected chi connectivity index (χ0v) is 8.77. The van der Waals surface area contributed by atoms with Crippen LogP contribution in [0.25, 0.3) is 0 Å². The summed E-state index contributed by atoms with van der Waals surface area (Å²) in [7, 11) is 4.05. The minimum Gasteiger partial charge on any atom is -0.309 e. The van der Waals surface area contributed by atoms with E-state index >= 15 is 0 Å². The molecule has 0 aliphatic heterocycles. The van der Waals surface area contributed by atoms with Crippen LogP contribution in [0.4, 0.5) is 0 Å². The van der Waals surface area contributed by atoms with Crippen molar-refractivity contribution >= 4 is 0 Å². The molecule has 0 saturated heterocycles. The van der Waals surface area contributed by atoms with Crippen molar-refractivity contribution in [1.29, 1.82) is 5.26 Å². The molecule has 0 fully saturated rings. The van der Waals surface area contributed by atoms with E-state index in [4.69, 9.17) is 5.26 Å². The van der Waals surface area contributed by atoms with E-state index in [-0.39, 0.29) is 5.92 Å². The third-order valence-electron chi connectivity index (χ3n) is 2.22. The summed E-state index contributed by atoms with van der Waals surface area (Å²) in [4.78, 5) is 2.10. The molecule has 0 unspecified atom stereocenters. The fourth-order valence-electron chi connectivity index (χ4n) is 1.38. The molecule has 0 amide bonds. The number of nitrogens with zero attached hydrogens (tertiary/aromatic N) is 2. The maximum atomic E-state index is 9.02. The first kappa shape index (κ1) is 10.7. The zero-order chi connectivity index (χ0) is 10.4. The fourth-order valence-corrected chi connectivity index (χ4v) is 1.38. The summed E-state index contributed by atoms with van der Waals surface area (Å²) in [5.74, 6) is 0.0265. The molecule has 0 aliphatic carbocycles. The Morgan fingerprint density at radius 1 is 1.29 bits per heavy atom. The summed E-state index contributed by atoms with van der Waals surface area (Å²) in [5.41, 5.74) is 1.12. The van der Waals surface area contributed by atoms with Gasteiger partial charge in [-0.2, -0.15) is 5.26 Å². The molecule has 0 bridgehead atoms. The van der Waals surface area contributed by atoms with Gasteiger partial charge in [0.2, 0.25) is 0 Å². The van der Waals surface area contributed by atoms with Crippen molar-refractivity contribution in [3.63, 3.8) is 0 Å². The molecule has 1 aromatic carbocycles. The smallest absolute Gasteiger partial charge is 0.0724 e. The first-order valence-electron chi connectivity index (χ1n) is 4.83. The van der Waals surface area contributed by atoms with E-state index in [1.807, 2.05) is 44.4 Å². The number of benzene rings is 1. The lowest BCUT2D eigenvalue weighted by Crippen LogP contribution is -2.15. The van der Waals surface area contributed by atoms with E-state index in [1.54, 1.807) is 0 Å². The molecule has 74 valence electrons. The van der Waals surface area contributed by atoms with Gasteiger partial charge >= 0.3 is 0 Å². The highest BCUT2D eigenvalue weighted by atomic mass is 15.0. The van der Waals surface area contributed by atoms with Crippen molar-refractivity contribution in [3.05, 3.63) is 35.9 Å². The Kier molecular flexibility index (Phi) is 4.15. The maximum Gasteiger partial charge on any atom is 0.0724 e. The predicted molar refractivity (Wildman–Crippen MR) is 58.0 cm³/mol. The molecule has 1 aromatic rings. The van der Waals surface area contributed by atoms with Crippen LogP contribution in [0, 0.1) is 11.3 Å². The summed E-state index contributed by atoms with van der Waals surface area (Å²) >= 11 is 0. The molecular formula is C12H16N2. The van der Waals surface area contributed by atoms with Crippen molar-refractivity contribution in [2.75, 3.05) is 20.6 Å². The second-order valence-electron chi connectivity index (χ2n) is 3.68. The van der Waals surface area contributed by atoms with Gasteiger partial charge in [0.25, 0.3) is 0 Å². The van der Waals surface area contributed by atoms with Gasteiger partial charge in [-0.3, -0.25) is 0 Å². The monoisotopic (exact) mass is 188 g/mol. The van der Waals surface area contributed by atoms with Gasteiger partial charge in [0.15, 0.2) is 0 Å². The van der Waals surface area contributed by atoms with E-state index in [1.165, 1.54) is 0 Å². The summed E-state index contributed by atoms with van der Waals surface area (Å²) in [5, 5.41) is 9.02. The molecular weight excluding hydrogens is 172 g/mol. The quantitative estimate of drug-likeness (QED) is 0.724. The van der Waals surface area contributed by atoms with Crippen LogP contribution in [-0.4, -0.2) is 25.5 Å².